The Morgan fingerprint density at radius 1 is 1.12 bits per heavy atom. The standard InChI is InChI=1S/C22H18BrCl2N5O2/c1-14-4-2-3-5-20(14)32-13-29-9-8-19(27-29)22(31)26-21-17(23)12-30(28-21)11-15-6-7-16(24)10-18(15)25/h2-10,12H,11,13H2,1H3,(H,26,28,31). The van der Waals surface area contributed by atoms with Crippen LogP contribution in [0.5, 0.6) is 5.75 Å². The van der Waals surface area contributed by atoms with Gasteiger partial charge in [-0.2, -0.15) is 10.2 Å². The lowest BCUT2D eigenvalue weighted by molar-refractivity contribution is 0.101. The molecule has 4 rings (SSSR count). The maximum absolute atomic E-state index is 12.6. The van der Waals surface area contributed by atoms with Gasteiger partial charge in [-0.1, -0.05) is 47.5 Å². The zero-order chi connectivity index (χ0) is 22.7. The van der Waals surface area contributed by atoms with E-state index in [9.17, 15) is 4.79 Å². The number of rotatable bonds is 7. The third-order valence-electron chi connectivity index (χ3n) is 4.62. The van der Waals surface area contributed by atoms with E-state index in [1.165, 1.54) is 0 Å². The second-order valence-corrected chi connectivity index (χ2v) is 8.69. The Morgan fingerprint density at radius 3 is 2.72 bits per heavy atom. The van der Waals surface area contributed by atoms with Crippen LogP contribution in [0.4, 0.5) is 5.82 Å². The van der Waals surface area contributed by atoms with Crippen molar-refractivity contribution in [2.45, 2.75) is 20.2 Å². The first-order valence-electron chi connectivity index (χ1n) is 9.59. The highest BCUT2D eigenvalue weighted by Crippen LogP contribution is 2.25. The highest BCUT2D eigenvalue weighted by Gasteiger charge is 2.15. The Balaban J connectivity index is 1.39. The van der Waals surface area contributed by atoms with Crippen molar-refractivity contribution in [1.82, 2.24) is 19.6 Å². The summed E-state index contributed by atoms with van der Waals surface area (Å²) < 4.78 is 9.62. The van der Waals surface area contributed by atoms with Crippen LogP contribution in [0.1, 0.15) is 21.6 Å². The van der Waals surface area contributed by atoms with Gasteiger partial charge in [0, 0.05) is 22.4 Å². The Morgan fingerprint density at radius 2 is 1.94 bits per heavy atom. The molecule has 0 aliphatic carbocycles. The number of carbonyl (C=O) groups excluding carboxylic acids is 1. The monoisotopic (exact) mass is 533 g/mol. The summed E-state index contributed by atoms with van der Waals surface area (Å²) in [5.74, 6) is 0.769. The van der Waals surface area contributed by atoms with E-state index in [2.05, 4.69) is 31.4 Å². The smallest absolute Gasteiger partial charge is 0.277 e. The molecule has 2 aromatic carbocycles. The van der Waals surface area contributed by atoms with Gasteiger partial charge in [-0.15, -0.1) is 0 Å². The molecular formula is C22H18BrCl2N5O2. The summed E-state index contributed by atoms with van der Waals surface area (Å²) in [6.45, 7) is 2.59. The molecule has 0 radical (unpaired) electrons. The summed E-state index contributed by atoms with van der Waals surface area (Å²) in [4.78, 5) is 12.6. The number of benzene rings is 2. The number of nitrogens with one attached hydrogen (secondary N) is 1. The molecule has 0 unspecified atom stereocenters. The summed E-state index contributed by atoms with van der Waals surface area (Å²) >= 11 is 15.6. The quantitative estimate of drug-likeness (QED) is 0.325. The molecular weight excluding hydrogens is 517 g/mol. The lowest BCUT2D eigenvalue weighted by Gasteiger charge is -2.08. The van der Waals surface area contributed by atoms with E-state index in [-0.39, 0.29) is 18.3 Å². The molecule has 2 aromatic heterocycles. The average molecular weight is 535 g/mol. The van der Waals surface area contributed by atoms with Crippen LogP contribution in [-0.4, -0.2) is 25.5 Å². The highest BCUT2D eigenvalue weighted by molar-refractivity contribution is 9.10. The van der Waals surface area contributed by atoms with Crippen molar-refractivity contribution < 1.29 is 9.53 Å². The minimum absolute atomic E-state index is 0.193. The molecule has 4 aromatic rings. The molecule has 0 bridgehead atoms. The summed E-state index contributed by atoms with van der Waals surface area (Å²) in [6.07, 6.45) is 3.44. The Hall–Kier alpha value is -2.81. The molecule has 0 aliphatic heterocycles. The molecule has 0 atom stereocenters. The van der Waals surface area contributed by atoms with Gasteiger partial charge in [-0.25, -0.2) is 4.68 Å². The van der Waals surface area contributed by atoms with Gasteiger partial charge in [0.2, 0.25) is 0 Å². The van der Waals surface area contributed by atoms with E-state index in [0.29, 0.717) is 26.9 Å². The van der Waals surface area contributed by atoms with Gasteiger partial charge in [-0.05, 0) is 58.2 Å². The molecule has 1 amide bonds. The number of halogens is 3. The first-order valence-corrected chi connectivity index (χ1v) is 11.1. The summed E-state index contributed by atoms with van der Waals surface area (Å²) in [7, 11) is 0. The number of ether oxygens (including phenoxy) is 1. The fraction of sp³-hybridized carbons (Fsp3) is 0.136. The summed E-state index contributed by atoms with van der Waals surface area (Å²) in [6, 6.07) is 14.6. The molecule has 2 heterocycles. The number of amides is 1. The number of hydrogen-bond donors (Lipinski definition) is 1. The number of carbonyl (C=O) groups is 1. The SMILES string of the molecule is Cc1ccccc1OCn1ccc(C(=O)Nc2nn(Cc3ccc(Cl)cc3Cl)cc2Br)n1. The molecule has 0 saturated carbocycles. The van der Waals surface area contributed by atoms with E-state index in [0.717, 1.165) is 16.9 Å². The fourth-order valence-corrected chi connectivity index (χ4v) is 3.85. The van der Waals surface area contributed by atoms with E-state index < -0.39 is 0 Å². The fourth-order valence-electron chi connectivity index (χ4n) is 2.97. The lowest BCUT2D eigenvalue weighted by atomic mass is 10.2. The van der Waals surface area contributed by atoms with Gasteiger partial charge in [0.25, 0.3) is 5.91 Å². The minimum Gasteiger partial charge on any atom is -0.471 e. The first-order chi connectivity index (χ1) is 15.4. The van der Waals surface area contributed by atoms with E-state index in [4.69, 9.17) is 27.9 Å². The van der Waals surface area contributed by atoms with Crippen LogP contribution in [0.15, 0.2) is 65.4 Å². The van der Waals surface area contributed by atoms with Crippen LogP contribution in [0, 0.1) is 6.92 Å². The van der Waals surface area contributed by atoms with Crippen LogP contribution < -0.4 is 10.1 Å². The molecule has 0 aliphatic rings. The van der Waals surface area contributed by atoms with E-state index >= 15 is 0 Å². The van der Waals surface area contributed by atoms with Crippen LogP contribution in [-0.2, 0) is 13.3 Å². The molecule has 0 spiro atoms. The Kier molecular flexibility index (Phi) is 6.83. The van der Waals surface area contributed by atoms with Gasteiger partial charge >= 0.3 is 0 Å². The van der Waals surface area contributed by atoms with Crippen molar-refractivity contribution in [2.75, 3.05) is 5.32 Å². The number of hydrogen-bond acceptors (Lipinski definition) is 4. The average Bonchev–Trinajstić information content (AvgIpc) is 3.36. The normalized spacial score (nSPS) is 10.9. The maximum atomic E-state index is 12.6. The number of nitrogens with zero attached hydrogens (tertiary/aromatic N) is 4. The van der Waals surface area contributed by atoms with Gasteiger partial charge < -0.3 is 10.1 Å². The molecule has 10 heteroatoms. The number of aromatic nitrogens is 4. The predicted molar refractivity (Wildman–Crippen MR) is 127 cm³/mol. The molecule has 164 valence electrons. The van der Waals surface area contributed by atoms with Crippen molar-refractivity contribution in [3.63, 3.8) is 0 Å². The Bertz CT molecular complexity index is 1270. The predicted octanol–water partition coefficient (Wildman–Crippen LogP) is 5.79. The van der Waals surface area contributed by atoms with Crippen molar-refractivity contribution in [1.29, 1.82) is 0 Å². The highest BCUT2D eigenvalue weighted by atomic mass is 79.9. The number of aryl methyl sites for hydroxylation is 1. The first kappa shape index (κ1) is 22.4. The number of para-hydroxylation sites is 1. The van der Waals surface area contributed by atoms with Crippen molar-refractivity contribution in [2.24, 2.45) is 0 Å². The third-order valence-corrected chi connectivity index (χ3v) is 5.78. The van der Waals surface area contributed by atoms with Gasteiger partial charge in [0.1, 0.15) is 5.75 Å². The van der Waals surface area contributed by atoms with Crippen LogP contribution in [0.3, 0.4) is 0 Å². The van der Waals surface area contributed by atoms with Crippen molar-refractivity contribution >= 4 is 50.9 Å². The van der Waals surface area contributed by atoms with E-state index in [1.54, 1.807) is 40.0 Å². The van der Waals surface area contributed by atoms with Gasteiger partial charge in [0.05, 0.1) is 11.0 Å². The summed E-state index contributed by atoms with van der Waals surface area (Å²) in [5, 5.41) is 12.6. The maximum Gasteiger partial charge on any atom is 0.277 e. The van der Waals surface area contributed by atoms with Crippen LogP contribution >= 0.6 is 39.1 Å². The van der Waals surface area contributed by atoms with Crippen LogP contribution in [0.2, 0.25) is 10.0 Å². The zero-order valence-corrected chi connectivity index (χ0v) is 20.0. The zero-order valence-electron chi connectivity index (χ0n) is 16.9. The van der Waals surface area contributed by atoms with Gasteiger partial charge in [0.15, 0.2) is 18.2 Å². The molecule has 7 nitrogen and oxygen atoms in total. The van der Waals surface area contributed by atoms with Crippen LogP contribution in [0.25, 0.3) is 0 Å². The lowest BCUT2D eigenvalue weighted by Crippen LogP contribution is -2.15. The Labute approximate surface area is 203 Å². The number of anilines is 1. The molecule has 32 heavy (non-hydrogen) atoms. The van der Waals surface area contributed by atoms with Crippen molar-refractivity contribution in [3.05, 3.63) is 92.3 Å². The van der Waals surface area contributed by atoms with Gasteiger partial charge in [-0.3, -0.25) is 9.48 Å². The molecule has 0 saturated heterocycles. The van der Waals surface area contributed by atoms with E-state index in [1.807, 2.05) is 37.3 Å². The molecule has 1 N–H and O–H groups in total. The third kappa shape index (κ3) is 5.32. The minimum atomic E-state index is -0.380. The topological polar surface area (TPSA) is 74.0 Å². The largest absolute Gasteiger partial charge is 0.471 e. The summed E-state index contributed by atoms with van der Waals surface area (Å²) in [5.41, 5.74) is 2.13. The second kappa shape index (κ2) is 9.77. The molecule has 0 fully saturated rings. The van der Waals surface area contributed by atoms with Crippen molar-refractivity contribution in [3.8, 4) is 5.75 Å². The second-order valence-electron chi connectivity index (χ2n) is 6.99.